The van der Waals surface area contributed by atoms with Crippen LogP contribution in [0, 0.1) is 22.0 Å². The van der Waals surface area contributed by atoms with E-state index in [0.717, 1.165) is 16.3 Å². The average molecular weight is 445 g/mol. The van der Waals surface area contributed by atoms with Crippen molar-refractivity contribution in [2.75, 3.05) is 0 Å². The van der Waals surface area contributed by atoms with Crippen molar-refractivity contribution in [3.63, 3.8) is 0 Å². The molecule has 4 unspecified atom stereocenters. The third-order valence-corrected chi connectivity index (χ3v) is 6.66. The van der Waals surface area contributed by atoms with E-state index in [4.69, 9.17) is 0 Å². The van der Waals surface area contributed by atoms with Crippen LogP contribution in [-0.2, 0) is 20.8 Å². The first kappa shape index (κ1) is 20.8. The highest BCUT2D eigenvalue weighted by molar-refractivity contribution is 6.09. The first-order valence-corrected chi connectivity index (χ1v) is 10.4. The fraction of sp³-hybridized carbons (Fsp3) is 0.208. The Hall–Kier alpha value is -4.11. The molecule has 33 heavy (non-hydrogen) atoms. The number of nitro benzene ring substituents is 1. The Morgan fingerprint density at radius 1 is 1.00 bits per heavy atom. The van der Waals surface area contributed by atoms with Crippen LogP contribution in [0.15, 0.2) is 66.7 Å². The van der Waals surface area contributed by atoms with Gasteiger partial charge in [0.05, 0.1) is 16.8 Å². The van der Waals surface area contributed by atoms with Gasteiger partial charge < -0.3 is 5.11 Å². The lowest BCUT2D eigenvalue weighted by molar-refractivity contribution is -0.384. The summed E-state index contributed by atoms with van der Waals surface area (Å²) in [7, 11) is 0. The Balaban J connectivity index is 1.62. The van der Waals surface area contributed by atoms with Crippen LogP contribution in [0.1, 0.15) is 17.2 Å². The minimum Gasteiger partial charge on any atom is -0.480 e. The fourth-order valence-corrected chi connectivity index (χ4v) is 5.21. The number of nitro groups is 1. The second-order valence-corrected chi connectivity index (χ2v) is 8.42. The first-order valence-electron chi connectivity index (χ1n) is 10.4. The smallest absolute Gasteiger partial charge is 0.325 e. The van der Waals surface area contributed by atoms with E-state index >= 15 is 0 Å². The van der Waals surface area contributed by atoms with Crippen molar-refractivity contribution in [3.05, 3.63) is 88.0 Å². The molecule has 9 nitrogen and oxygen atoms in total. The maximum absolute atomic E-state index is 12.8. The number of carboxylic acids is 1. The summed E-state index contributed by atoms with van der Waals surface area (Å²) in [6.45, 7) is 0. The van der Waals surface area contributed by atoms with Crippen LogP contribution in [0.25, 0.3) is 10.8 Å². The molecular formula is C24H19N3O6. The Bertz CT molecular complexity index is 1320. The summed E-state index contributed by atoms with van der Waals surface area (Å²) in [5.74, 6) is -4.45. The lowest BCUT2D eigenvalue weighted by atomic mass is 9.76. The monoisotopic (exact) mass is 445 g/mol. The number of non-ortho nitro benzene ring substituents is 1. The van der Waals surface area contributed by atoms with E-state index in [1.807, 2.05) is 42.5 Å². The first-order chi connectivity index (χ1) is 15.8. The van der Waals surface area contributed by atoms with Gasteiger partial charge in [-0.2, -0.15) is 0 Å². The summed E-state index contributed by atoms with van der Waals surface area (Å²) in [6, 6.07) is 18.0. The molecule has 3 aromatic rings. The van der Waals surface area contributed by atoms with Crippen LogP contribution in [0.5, 0.6) is 0 Å². The molecule has 2 aliphatic rings. The van der Waals surface area contributed by atoms with Gasteiger partial charge in [-0.3, -0.25) is 35.1 Å². The van der Waals surface area contributed by atoms with E-state index in [2.05, 4.69) is 10.6 Å². The number of fused-ring (bicyclic) bond motifs is 2. The Labute approximate surface area is 187 Å². The van der Waals surface area contributed by atoms with Gasteiger partial charge >= 0.3 is 5.97 Å². The second-order valence-electron chi connectivity index (χ2n) is 8.42. The molecule has 3 N–H and O–H groups in total. The highest BCUT2D eigenvalue weighted by atomic mass is 16.6. The number of carbonyl (C=O) groups excluding carboxylic acids is 2. The number of nitrogens with zero attached hydrogens (tertiary/aromatic N) is 1. The van der Waals surface area contributed by atoms with E-state index in [1.54, 1.807) is 0 Å². The second kappa shape index (κ2) is 7.49. The summed E-state index contributed by atoms with van der Waals surface area (Å²) < 4.78 is 0. The molecule has 0 aliphatic carbocycles. The SMILES string of the molecule is O=C1NC(=O)C2C1C(c1cccc3ccccc13)NC2(Cc1ccc([N+](=O)[O-])cc1)C(=O)O. The van der Waals surface area contributed by atoms with Crippen molar-refractivity contribution >= 4 is 34.2 Å². The van der Waals surface area contributed by atoms with Gasteiger partial charge in [0.2, 0.25) is 11.8 Å². The molecule has 4 atom stereocenters. The molecule has 0 spiro atoms. The van der Waals surface area contributed by atoms with E-state index < -0.39 is 46.1 Å². The van der Waals surface area contributed by atoms with Crippen LogP contribution >= 0.6 is 0 Å². The zero-order valence-corrected chi connectivity index (χ0v) is 17.2. The van der Waals surface area contributed by atoms with Crippen LogP contribution in [-0.4, -0.2) is 33.4 Å². The number of aliphatic carboxylic acids is 1. The molecule has 9 heteroatoms. The zero-order chi connectivity index (χ0) is 23.3. The van der Waals surface area contributed by atoms with Crippen LogP contribution < -0.4 is 10.6 Å². The Kier molecular flexibility index (Phi) is 4.71. The summed E-state index contributed by atoms with van der Waals surface area (Å²) in [5, 5.41) is 28.6. The number of hydrogen-bond donors (Lipinski definition) is 3. The molecule has 2 aliphatic heterocycles. The fourth-order valence-electron chi connectivity index (χ4n) is 5.21. The van der Waals surface area contributed by atoms with Crippen LogP contribution in [0.3, 0.4) is 0 Å². The van der Waals surface area contributed by atoms with Crippen molar-refractivity contribution in [1.82, 2.24) is 10.6 Å². The van der Waals surface area contributed by atoms with Gasteiger partial charge in [0.15, 0.2) is 0 Å². The summed E-state index contributed by atoms with van der Waals surface area (Å²) in [6.07, 6.45) is -0.122. The van der Waals surface area contributed by atoms with Gasteiger partial charge in [-0.05, 0) is 21.9 Å². The summed E-state index contributed by atoms with van der Waals surface area (Å²) in [5.41, 5.74) is -0.652. The lowest BCUT2D eigenvalue weighted by Gasteiger charge is -2.30. The number of nitrogens with one attached hydrogen (secondary N) is 2. The van der Waals surface area contributed by atoms with E-state index in [1.165, 1.54) is 24.3 Å². The van der Waals surface area contributed by atoms with Gasteiger partial charge in [0.25, 0.3) is 5.69 Å². The van der Waals surface area contributed by atoms with Gasteiger partial charge in [0, 0.05) is 24.6 Å². The molecule has 0 bridgehead atoms. The van der Waals surface area contributed by atoms with Gasteiger partial charge in [0.1, 0.15) is 5.54 Å². The molecule has 2 amide bonds. The predicted octanol–water partition coefficient (Wildman–Crippen LogP) is 2.35. The van der Waals surface area contributed by atoms with Crippen molar-refractivity contribution < 1.29 is 24.4 Å². The van der Waals surface area contributed by atoms with Gasteiger partial charge in [-0.1, -0.05) is 54.6 Å². The van der Waals surface area contributed by atoms with Crippen molar-refractivity contribution in [3.8, 4) is 0 Å². The largest absolute Gasteiger partial charge is 0.480 e. The quantitative estimate of drug-likeness (QED) is 0.311. The molecule has 3 aromatic carbocycles. The number of imide groups is 1. The maximum atomic E-state index is 12.8. The lowest BCUT2D eigenvalue weighted by Crippen LogP contribution is -2.57. The van der Waals surface area contributed by atoms with Crippen molar-refractivity contribution in [2.45, 2.75) is 18.0 Å². The molecule has 2 fully saturated rings. The normalized spacial score (nSPS) is 26.2. The van der Waals surface area contributed by atoms with E-state index in [0.29, 0.717) is 5.56 Å². The molecule has 2 saturated heterocycles. The summed E-state index contributed by atoms with van der Waals surface area (Å²) >= 11 is 0. The zero-order valence-electron chi connectivity index (χ0n) is 17.2. The van der Waals surface area contributed by atoms with E-state index in [-0.39, 0.29) is 12.1 Å². The summed E-state index contributed by atoms with van der Waals surface area (Å²) in [4.78, 5) is 48.8. The number of benzene rings is 3. The molecule has 5 rings (SSSR count). The molecule has 0 radical (unpaired) electrons. The third-order valence-electron chi connectivity index (χ3n) is 6.66. The maximum Gasteiger partial charge on any atom is 0.325 e. The van der Waals surface area contributed by atoms with Gasteiger partial charge in [-0.25, -0.2) is 0 Å². The topological polar surface area (TPSA) is 139 Å². The number of amides is 2. The number of rotatable bonds is 5. The Morgan fingerprint density at radius 3 is 2.39 bits per heavy atom. The molecule has 0 saturated carbocycles. The van der Waals surface area contributed by atoms with Crippen molar-refractivity contribution in [2.24, 2.45) is 11.8 Å². The Morgan fingerprint density at radius 2 is 1.70 bits per heavy atom. The average Bonchev–Trinajstić information content (AvgIpc) is 3.30. The minimum atomic E-state index is -1.77. The standard InChI is InChI=1S/C24H19N3O6/c28-21-18-19(22(29)25-21)24(23(30)31,12-13-8-10-15(11-9-13)27(32)33)26-20(18)17-7-3-5-14-4-1-2-6-16(14)17/h1-11,18-20,26H,12H2,(H,30,31)(H,25,28,29). The number of carboxylic acid groups (broad SMARTS) is 1. The molecule has 166 valence electrons. The van der Waals surface area contributed by atoms with E-state index in [9.17, 15) is 29.6 Å². The number of hydrogen-bond acceptors (Lipinski definition) is 6. The number of carbonyl (C=O) groups is 3. The van der Waals surface area contributed by atoms with Crippen molar-refractivity contribution in [1.29, 1.82) is 0 Å². The van der Waals surface area contributed by atoms with Crippen LogP contribution in [0.4, 0.5) is 5.69 Å². The molecular weight excluding hydrogens is 426 g/mol. The van der Waals surface area contributed by atoms with Gasteiger partial charge in [-0.15, -0.1) is 0 Å². The minimum absolute atomic E-state index is 0.122. The highest BCUT2D eigenvalue weighted by Crippen LogP contribution is 2.48. The molecule has 0 aromatic heterocycles. The highest BCUT2D eigenvalue weighted by Gasteiger charge is 2.66. The predicted molar refractivity (Wildman–Crippen MR) is 117 cm³/mol. The van der Waals surface area contributed by atoms with Crippen LogP contribution in [0.2, 0.25) is 0 Å². The third kappa shape index (κ3) is 3.16. The molecule has 2 heterocycles.